The van der Waals surface area contributed by atoms with Crippen LogP contribution in [0.4, 0.5) is 27.8 Å². The van der Waals surface area contributed by atoms with Crippen molar-refractivity contribution in [3.8, 4) is 0 Å². The summed E-state index contributed by atoms with van der Waals surface area (Å²) in [6, 6.07) is 12.2. The van der Waals surface area contributed by atoms with Crippen LogP contribution in [0.15, 0.2) is 52.7 Å². The first-order valence-electron chi connectivity index (χ1n) is 7.16. The number of rotatable bonds is 3. The summed E-state index contributed by atoms with van der Waals surface area (Å²) in [5, 5.41) is 13.5. The number of carbonyl (C=O) groups is 1. The van der Waals surface area contributed by atoms with Gasteiger partial charge in [-0.25, -0.2) is 9.78 Å². The quantitative estimate of drug-likeness (QED) is 0.746. The summed E-state index contributed by atoms with van der Waals surface area (Å²) in [4.78, 5) is 15.9. The molecule has 0 radical (unpaired) electrons. The smallest absolute Gasteiger partial charge is 0.320 e. The summed E-state index contributed by atoms with van der Waals surface area (Å²) in [6.07, 6.45) is 0. The summed E-state index contributed by atoms with van der Waals surface area (Å²) in [7, 11) is 0. The molecule has 2 amide bonds. The minimum absolute atomic E-state index is 0.193. The van der Waals surface area contributed by atoms with E-state index >= 15 is 0 Å². The molecule has 0 atom stereocenters. The molecule has 0 saturated carbocycles. The fourth-order valence-electron chi connectivity index (χ4n) is 1.72. The summed E-state index contributed by atoms with van der Waals surface area (Å²) in [5.74, 6) is 0.543. The average molecular weight is 312 g/mol. The number of nitrogens with zero attached hydrogens (tertiary/aromatic N) is 3. The third kappa shape index (κ3) is 5.39. The van der Waals surface area contributed by atoms with Crippen molar-refractivity contribution in [3.63, 3.8) is 0 Å². The van der Waals surface area contributed by atoms with Crippen molar-refractivity contribution >= 4 is 29.0 Å². The molecule has 1 heterocycles. The average Bonchev–Trinajstić information content (AvgIpc) is 2.45. The first-order chi connectivity index (χ1) is 10.8. The van der Waals surface area contributed by atoms with Crippen molar-refractivity contribution in [3.05, 3.63) is 42.5 Å². The lowest BCUT2D eigenvalue weighted by molar-refractivity contribution is 0.243. The Labute approximate surface area is 135 Å². The number of carbonyl (C=O) groups excluding carboxylic acids is 1. The molecule has 0 fully saturated rings. The van der Waals surface area contributed by atoms with Gasteiger partial charge in [0.1, 0.15) is 11.5 Å². The van der Waals surface area contributed by atoms with E-state index in [1.165, 1.54) is 0 Å². The Kier molecular flexibility index (Phi) is 4.90. The van der Waals surface area contributed by atoms with Crippen LogP contribution in [-0.2, 0) is 0 Å². The van der Waals surface area contributed by atoms with E-state index in [-0.39, 0.29) is 17.4 Å². The number of hydrogen-bond donors (Lipinski definition) is 3. The SMILES string of the molecule is CC(C)(C)NC(=O)Nc1ccc(N=Nc2ccccc2)c(N)n1. The van der Waals surface area contributed by atoms with Gasteiger partial charge in [-0.1, -0.05) is 18.2 Å². The highest BCUT2D eigenvalue weighted by Crippen LogP contribution is 2.24. The molecule has 0 bridgehead atoms. The van der Waals surface area contributed by atoms with Crippen LogP contribution in [0.25, 0.3) is 0 Å². The van der Waals surface area contributed by atoms with E-state index in [0.717, 1.165) is 5.69 Å². The maximum Gasteiger partial charge on any atom is 0.320 e. The number of nitrogens with one attached hydrogen (secondary N) is 2. The molecule has 0 aliphatic rings. The number of azo groups is 1. The fourth-order valence-corrected chi connectivity index (χ4v) is 1.72. The van der Waals surface area contributed by atoms with E-state index in [1.807, 2.05) is 51.1 Å². The van der Waals surface area contributed by atoms with Crippen LogP contribution in [0.2, 0.25) is 0 Å². The lowest BCUT2D eigenvalue weighted by Crippen LogP contribution is -2.43. The number of aromatic nitrogens is 1. The van der Waals surface area contributed by atoms with E-state index in [1.54, 1.807) is 12.1 Å². The number of anilines is 2. The van der Waals surface area contributed by atoms with Crippen molar-refractivity contribution in [2.45, 2.75) is 26.3 Å². The Hall–Kier alpha value is -2.96. The Morgan fingerprint density at radius 2 is 1.78 bits per heavy atom. The fraction of sp³-hybridized carbons (Fsp3) is 0.250. The molecule has 0 aliphatic heterocycles. The van der Waals surface area contributed by atoms with Gasteiger partial charge >= 0.3 is 6.03 Å². The zero-order valence-electron chi connectivity index (χ0n) is 13.4. The number of pyridine rings is 1. The van der Waals surface area contributed by atoms with Crippen LogP contribution in [-0.4, -0.2) is 16.6 Å². The highest BCUT2D eigenvalue weighted by Gasteiger charge is 2.14. The zero-order chi connectivity index (χ0) is 16.9. The second kappa shape index (κ2) is 6.87. The standard InChI is InChI=1S/C16H20N6O/c1-16(2,3)20-15(23)19-13-10-9-12(14(17)18-13)22-21-11-7-5-4-6-8-11/h4-10H,1-3H3,(H4,17,18,19,20,23). The van der Waals surface area contributed by atoms with Gasteiger partial charge in [0.05, 0.1) is 5.69 Å². The van der Waals surface area contributed by atoms with Crippen molar-refractivity contribution in [1.29, 1.82) is 0 Å². The minimum atomic E-state index is -0.344. The maximum atomic E-state index is 11.8. The minimum Gasteiger partial charge on any atom is -0.382 e. The molecular weight excluding hydrogens is 292 g/mol. The van der Waals surface area contributed by atoms with E-state index in [0.29, 0.717) is 11.5 Å². The second-order valence-corrected chi connectivity index (χ2v) is 5.97. The number of urea groups is 1. The van der Waals surface area contributed by atoms with Crippen LogP contribution in [0, 0.1) is 0 Å². The van der Waals surface area contributed by atoms with Crippen LogP contribution in [0.5, 0.6) is 0 Å². The van der Waals surface area contributed by atoms with Gasteiger partial charge in [0, 0.05) is 5.54 Å². The summed E-state index contributed by atoms with van der Waals surface area (Å²) in [6.45, 7) is 5.67. The molecule has 0 aliphatic carbocycles. The first kappa shape index (κ1) is 16.4. The second-order valence-electron chi connectivity index (χ2n) is 5.97. The predicted octanol–water partition coefficient (Wildman–Crippen LogP) is 4.00. The molecule has 1 aromatic carbocycles. The van der Waals surface area contributed by atoms with Crippen LogP contribution >= 0.6 is 0 Å². The number of nitrogen functional groups attached to an aromatic ring is 1. The van der Waals surface area contributed by atoms with Crippen molar-refractivity contribution < 1.29 is 4.79 Å². The molecular formula is C16H20N6O. The van der Waals surface area contributed by atoms with Gasteiger partial charge in [0.15, 0.2) is 5.82 Å². The molecule has 4 N–H and O–H groups in total. The van der Waals surface area contributed by atoms with Crippen molar-refractivity contribution in [2.75, 3.05) is 11.1 Å². The molecule has 0 unspecified atom stereocenters. The van der Waals surface area contributed by atoms with Gasteiger partial charge in [-0.15, -0.1) is 5.11 Å². The molecule has 23 heavy (non-hydrogen) atoms. The first-order valence-corrected chi connectivity index (χ1v) is 7.16. The topological polar surface area (TPSA) is 105 Å². The van der Waals surface area contributed by atoms with Gasteiger partial charge in [-0.3, -0.25) is 5.32 Å². The lowest BCUT2D eigenvalue weighted by atomic mass is 10.1. The van der Waals surface area contributed by atoms with Crippen LogP contribution in [0.1, 0.15) is 20.8 Å². The molecule has 7 heteroatoms. The number of hydrogen-bond acceptors (Lipinski definition) is 5. The third-order valence-corrected chi connectivity index (χ3v) is 2.66. The van der Waals surface area contributed by atoms with E-state index in [9.17, 15) is 4.79 Å². The van der Waals surface area contributed by atoms with Gasteiger partial charge in [-0.05, 0) is 45.0 Å². The molecule has 120 valence electrons. The molecule has 1 aromatic heterocycles. The third-order valence-electron chi connectivity index (χ3n) is 2.66. The van der Waals surface area contributed by atoms with Crippen LogP contribution < -0.4 is 16.4 Å². The van der Waals surface area contributed by atoms with E-state index in [4.69, 9.17) is 5.73 Å². The highest BCUT2D eigenvalue weighted by atomic mass is 16.2. The number of nitrogens with two attached hydrogens (primary N) is 1. The van der Waals surface area contributed by atoms with Gasteiger partial charge in [0.2, 0.25) is 0 Å². The van der Waals surface area contributed by atoms with Crippen LogP contribution in [0.3, 0.4) is 0 Å². The Morgan fingerprint density at radius 3 is 2.39 bits per heavy atom. The summed E-state index contributed by atoms with van der Waals surface area (Å²) in [5.41, 5.74) is 6.68. The zero-order valence-corrected chi connectivity index (χ0v) is 13.4. The van der Waals surface area contributed by atoms with Crippen molar-refractivity contribution in [2.24, 2.45) is 10.2 Å². The predicted molar refractivity (Wildman–Crippen MR) is 91.2 cm³/mol. The number of amides is 2. The summed E-state index contributed by atoms with van der Waals surface area (Å²) >= 11 is 0. The Bertz CT molecular complexity index is 706. The Morgan fingerprint density at radius 1 is 1.09 bits per heavy atom. The molecule has 2 aromatic rings. The van der Waals surface area contributed by atoms with Gasteiger partial charge in [0.25, 0.3) is 0 Å². The molecule has 0 spiro atoms. The van der Waals surface area contributed by atoms with E-state index < -0.39 is 0 Å². The lowest BCUT2D eigenvalue weighted by Gasteiger charge is -2.20. The number of benzene rings is 1. The van der Waals surface area contributed by atoms with Crippen molar-refractivity contribution in [1.82, 2.24) is 10.3 Å². The van der Waals surface area contributed by atoms with Gasteiger partial charge < -0.3 is 11.1 Å². The molecule has 2 rings (SSSR count). The van der Waals surface area contributed by atoms with E-state index in [2.05, 4.69) is 25.8 Å². The largest absolute Gasteiger partial charge is 0.382 e. The monoisotopic (exact) mass is 312 g/mol. The Balaban J connectivity index is 2.06. The highest BCUT2D eigenvalue weighted by molar-refractivity contribution is 5.89. The maximum absolute atomic E-state index is 11.8. The normalized spacial score (nSPS) is 11.4. The summed E-state index contributed by atoms with van der Waals surface area (Å²) < 4.78 is 0. The van der Waals surface area contributed by atoms with Gasteiger partial charge in [-0.2, -0.15) is 5.11 Å². The molecule has 7 nitrogen and oxygen atoms in total. The molecule has 0 saturated heterocycles.